The molecule has 0 radical (unpaired) electrons. The van der Waals surface area contributed by atoms with Crippen molar-refractivity contribution < 1.29 is 29.0 Å². The zero-order valence-electron chi connectivity index (χ0n) is 19.2. The van der Waals surface area contributed by atoms with Crippen LogP contribution >= 0.6 is 11.8 Å². The molecule has 1 aromatic rings. The number of esters is 1. The average molecular weight is 478 g/mol. The van der Waals surface area contributed by atoms with Gasteiger partial charge in [-0.15, -0.1) is 11.8 Å². The standard InChI is InChI=1S/C23H31N3O6S/c1-23(2,3)22(31)32-14-33-18(12-15-8-5-4-6-9-15)19(27)24-16-13-25-11-7-10-17(21(29)30)26(25)20(16)28/h4-6,8-9,16-18H,7,10-14H2,1-3H3,(H,24,27)(H,29,30)/t16?,17-,18-/m0/s1. The molecule has 2 fully saturated rings. The number of carbonyl (C=O) groups is 4. The van der Waals surface area contributed by atoms with Crippen molar-refractivity contribution in [1.82, 2.24) is 15.3 Å². The first-order valence-electron chi connectivity index (χ1n) is 11.0. The minimum Gasteiger partial charge on any atom is -0.480 e. The van der Waals surface area contributed by atoms with Crippen LogP contribution < -0.4 is 5.32 Å². The topological polar surface area (TPSA) is 116 Å². The van der Waals surface area contributed by atoms with Crippen molar-refractivity contribution in [3.8, 4) is 0 Å². The molecule has 3 rings (SSSR count). The van der Waals surface area contributed by atoms with E-state index in [1.807, 2.05) is 30.3 Å². The smallest absolute Gasteiger partial charge is 0.328 e. The van der Waals surface area contributed by atoms with E-state index in [0.717, 1.165) is 5.56 Å². The van der Waals surface area contributed by atoms with Crippen LogP contribution in [0.1, 0.15) is 39.2 Å². The third-order valence-electron chi connectivity index (χ3n) is 5.64. The first kappa shape index (κ1) is 25.0. The summed E-state index contributed by atoms with van der Waals surface area (Å²) in [5, 5.41) is 14.7. The number of hydrogen-bond acceptors (Lipinski definition) is 7. The van der Waals surface area contributed by atoms with Crippen LogP contribution in [0.2, 0.25) is 0 Å². The number of hydrogen-bond donors (Lipinski definition) is 2. The summed E-state index contributed by atoms with van der Waals surface area (Å²) in [6.07, 6.45) is 1.47. The van der Waals surface area contributed by atoms with Crippen LogP contribution in [-0.4, -0.2) is 75.2 Å². The Morgan fingerprint density at radius 2 is 1.94 bits per heavy atom. The van der Waals surface area contributed by atoms with Gasteiger partial charge in [-0.3, -0.25) is 19.4 Å². The molecule has 0 spiro atoms. The molecule has 2 saturated heterocycles. The van der Waals surface area contributed by atoms with Crippen molar-refractivity contribution in [1.29, 1.82) is 0 Å². The summed E-state index contributed by atoms with van der Waals surface area (Å²) in [7, 11) is 0. The van der Waals surface area contributed by atoms with Gasteiger partial charge >= 0.3 is 11.9 Å². The molecule has 2 amide bonds. The first-order valence-corrected chi connectivity index (χ1v) is 12.1. The number of amides is 2. The molecule has 1 unspecified atom stereocenters. The molecule has 2 N–H and O–H groups in total. The van der Waals surface area contributed by atoms with Gasteiger partial charge in [0, 0.05) is 13.1 Å². The predicted molar refractivity (Wildman–Crippen MR) is 123 cm³/mol. The quantitative estimate of drug-likeness (QED) is 0.429. The monoisotopic (exact) mass is 477 g/mol. The second-order valence-corrected chi connectivity index (χ2v) is 10.4. The molecule has 180 valence electrons. The zero-order chi connectivity index (χ0) is 24.2. The van der Waals surface area contributed by atoms with Gasteiger partial charge in [0.25, 0.3) is 5.91 Å². The Morgan fingerprint density at radius 1 is 1.24 bits per heavy atom. The maximum atomic E-state index is 13.2. The lowest BCUT2D eigenvalue weighted by molar-refractivity contribution is -0.165. The summed E-state index contributed by atoms with van der Waals surface area (Å²) < 4.78 is 5.33. The highest BCUT2D eigenvalue weighted by Crippen LogP contribution is 2.26. The Bertz CT molecular complexity index is 888. The van der Waals surface area contributed by atoms with Crippen LogP contribution in [0.3, 0.4) is 0 Å². The molecule has 0 aliphatic carbocycles. The fraction of sp³-hybridized carbons (Fsp3) is 0.565. The molecule has 2 aliphatic heterocycles. The summed E-state index contributed by atoms with van der Waals surface area (Å²) in [6, 6.07) is 7.75. The van der Waals surface area contributed by atoms with Gasteiger partial charge in [0.15, 0.2) is 0 Å². The third kappa shape index (κ3) is 6.26. The number of nitrogens with one attached hydrogen (secondary N) is 1. The van der Waals surface area contributed by atoms with Gasteiger partial charge in [-0.25, -0.2) is 9.80 Å². The van der Waals surface area contributed by atoms with Crippen molar-refractivity contribution in [3.05, 3.63) is 35.9 Å². The lowest BCUT2D eigenvalue weighted by Crippen LogP contribution is -2.54. The summed E-state index contributed by atoms with van der Waals surface area (Å²) in [4.78, 5) is 49.7. The number of carboxylic acids is 1. The summed E-state index contributed by atoms with van der Waals surface area (Å²) >= 11 is 1.20. The molecule has 3 atom stereocenters. The molecule has 2 heterocycles. The van der Waals surface area contributed by atoms with Crippen molar-refractivity contribution in [2.24, 2.45) is 5.41 Å². The van der Waals surface area contributed by atoms with Gasteiger partial charge in [-0.05, 0) is 45.6 Å². The molecule has 0 aromatic heterocycles. The third-order valence-corrected chi connectivity index (χ3v) is 6.68. The SMILES string of the molecule is CC(C)(C)C(=O)OCS[C@@H](Cc1ccccc1)C(=O)NC1CN2CCC[C@@H](C(=O)O)N2C1=O. The molecule has 33 heavy (non-hydrogen) atoms. The maximum Gasteiger partial charge on any atom is 0.328 e. The number of aliphatic carboxylic acids is 1. The number of nitrogens with zero attached hydrogens (tertiary/aromatic N) is 2. The maximum absolute atomic E-state index is 13.2. The summed E-state index contributed by atoms with van der Waals surface area (Å²) in [5.41, 5.74) is 0.297. The highest BCUT2D eigenvalue weighted by Gasteiger charge is 2.47. The number of rotatable bonds is 8. The molecule has 9 nitrogen and oxygen atoms in total. The van der Waals surface area contributed by atoms with Crippen LogP contribution in [0.4, 0.5) is 0 Å². The lowest BCUT2D eigenvalue weighted by atomic mass is 9.98. The predicted octanol–water partition coefficient (Wildman–Crippen LogP) is 1.67. The minimum atomic E-state index is -1.04. The number of hydrazine groups is 1. The summed E-state index contributed by atoms with van der Waals surface area (Å²) in [5.74, 6) is -2.14. The van der Waals surface area contributed by atoms with E-state index in [4.69, 9.17) is 4.74 Å². The molecule has 0 saturated carbocycles. The van der Waals surface area contributed by atoms with Crippen LogP contribution in [0.15, 0.2) is 30.3 Å². The largest absolute Gasteiger partial charge is 0.480 e. The highest BCUT2D eigenvalue weighted by molar-refractivity contribution is 8.00. The first-order chi connectivity index (χ1) is 15.6. The van der Waals surface area contributed by atoms with Crippen LogP contribution in [0, 0.1) is 5.41 Å². The average Bonchev–Trinajstić information content (AvgIpc) is 3.08. The van der Waals surface area contributed by atoms with Gasteiger partial charge < -0.3 is 15.2 Å². The molecule has 2 aliphatic rings. The van der Waals surface area contributed by atoms with E-state index in [1.54, 1.807) is 25.8 Å². The second kappa shape index (κ2) is 10.6. The van der Waals surface area contributed by atoms with E-state index in [0.29, 0.717) is 25.8 Å². The van der Waals surface area contributed by atoms with Crippen LogP contribution in [0.5, 0.6) is 0 Å². The number of fused-ring (bicyclic) bond motifs is 1. The van der Waals surface area contributed by atoms with Crippen molar-refractivity contribution >= 4 is 35.5 Å². The Hall–Kier alpha value is -2.59. The van der Waals surface area contributed by atoms with E-state index in [-0.39, 0.29) is 24.4 Å². The number of ether oxygens (including phenoxy) is 1. The van der Waals surface area contributed by atoms with Gasteiger partial charge in [0.1, 0.15) is 18.0 Å². The van der Waals surface area contributed by atoms with Crippen molar-refractivity contribution in [2.45, 2.75) is 57.4 Å². The fourth-order valence-electron chi connectivity index (χ4n) is 3.86. The lowest BCUT2D eigenvalue weighted by Gasteiger charge is -2.36. The number of carboxylic acid groups (broad SMARTS) is 1. The van der Waals surface area contributed by atoms with E-state index < -0.39 is 34.6 Å². The Balaban J connectivity index is 1.67. The number of benzene rings is 1. The van der Waals surface area contributed by atoms with Crippen molar-refractivity contribution in [3.63, 3.8) is 0 Å². The minimum absolute atomic E-state index is 0.0129. The summed E-state index contributed by atoms with van der Waals surface area (Å²) in [6.45, 7) is 6.10. The van der Waals surface area contributed by atoms with Gasteiger partial charge in [0.2, 0.25) is 5.91 Å². The van der Waals surface area contributed by atoms with E-state index in [2.05, 4.69) is 5.32 Å². The Labute approximate surface area is 197 Å². The van der Waals surface area contributed by atoms with Gasteiger partial charge in [-0.2, -0.15) is 0 Å². The van der Waals surface area contributed by atoms with E-state index >= 15 is 0 Å². The van der Waals surface area contributed by atoms with E-state index in [1.165, 1.54) is 16.8 Å². The van der Waals surface area contributed by atoms with Crippen LogP contribution in [0.25, 0.3) is 0 Å². The van der Waals surface area contributed by atoms with Crippen molar-refractivity contribution in [2.75, 3.05) is 19.0 Å². The Morgan fingerprint density at radius 3 is 2.58 bits per heavy atom. The number of carbonyl (C=O) groups excluding carboxylic acids is 3. The van der Waals surface area contributed by atoms with E-state index in [9.17, 15) is 24.3 Å². The molecule has 0 bridgehead atoms. The fourth-order valence-corrected chi connectivity index (χ4v) is 4.73. The Kier molecular flexibility index (Phi) is 8.01. The molecular weight excluding hydrogens is 446 g/mol. The van der Waals surface area contributed by atoms with Gasteiger partial charge in [0.05, 0.1) is 10.7 Å². The second-order valence-electron chi connectivity index (χ2n) is 9.30. The van der Waals surface area contributed by atoms with Crippen LogP contribution in [-0.2, 0) is 30.3 Å². The molecular formula is C23H31N3O6S. The molecule has 1 aromatic carbocycles. The van der Waals surface area contributed by atoms with Gasteiger partial charge in [-0.1, -0.05) is 30.3 Å². The normalized spacial score (nSPS) is 21.9. The number of thioether (sulfide) groups is 1. The zero-order valence-corrected chi connectivity index (χ0v) is 20.0. The highest BCUT2D eigenvalue weighted by atomic mass is 32.2. The molecule has 10 heteroatoms.